The Morgan fingerprint density at radius 1 is 1.18 bits per heavy atom. The van der Waals surface area contributed by atoms with Crippen molar-refractivity contribution in [2.75, 3.05) is 13.1 Å². The van der Waals surface area contributed by atoms with Crippen molar-refractivity contribution >= 4 is 5.57 Å². The predicted molar refractivity (Wildman–Crippen MR) is 56.9 cm³/mol. The van der Waals surface area contributed by atoms with Crippen LogP contribution in [0.1, 0.15) is 17.5 Å². The van der Waals surface area contributed by atoms with Crippen LogP contribution < -0.4 is 5.32 Å². The summed E-state index contributed by atoms with van der Waals surface area (Å²) in [5, 5.41) is 3.07. The molecule has 2 rings (SSSR count). The van der Waals surface area contributed by atoms with E-state index in [-0.39, 0.29) is 0 Å². The monoisotopic (exact) mass is 245 g/mol. The van der Waals surface area contributed by atoms with Crippen LogP contribution in [0.25, 0.3) is 5.57 Å². The van der Waals surface area contributed by atoms with Gasteiger partial charge in [0.25, 0.3) is 0 Å². The Morgan fingerprint density at radius 2 is 1.94 bits per heavy atom. The molecule has 0 atom stereocenters. The number of hydrogen-bond donors (Lipinski definition) is 1. The van der Waals surface area contributed by atoms with Gasteiger partial charge in [0.05, 0.1) is 5.56 Å². The molecule has 0 radical (unpaired) electrons. The second-order valence-corrected chi connectivity index (χ2v) is 3.88. The lowest BCUT2D eigenvalue weighted by Crippen LogP contribution is -2.20. The van der Waals surface area contributed by atoms with Gasteiger partial charge in [-0.05, 0) is 36.2 Å². The molecule has 1 nitrogen and oxygen atoms in total. The highest BCUT2D eigenvalue weighted by molar-refractivity contribution is 5.67. The SMILES string of the molecule is Fc1ccc(C2=CCNCC2)cc1C(F)(F)F. The van der Waals surface area contributed by atoms with Crippen molar-refractivity contribution in [2.45, 2.75) is 12.6 Å². The first kappa shape index (κ1) is 12.1. The topological polar surface area (TPSA) is 12.0 Å². The summed E-state index contributed by atoms with van der Waals surface area (Å²) in [6, 6.07) is 3.15. The van der Waals surface area contributed by atoms with Crippen LogP contribution in [0.5, 0.6) is 0 Å². The molecule has 1 aromatic carbocycles. The Bertz CT molecular complexity index is 448. The van der Waals surface area contributed by atoms with Gasteiger partial charge in [-0.1, -0.05) is 12.1 Å². The molecule has 92 valence electrons. The van der Waals surface area contributed by atoms with E-state index in [0.29, 0.717) is 18.5 Å². The van der Waals surface area contributed by atoms with Crippen LogP contribution in [0.15, 0.2) is 24.3 Å². The predicted octanol–water partition coefficient (Wildman–Crippen LogP) is 3.22. The summed E-state index contributed by atoms with van der Waals surface area (Å²) in [4.78, 5) is 0. The number of alkyl halides is 3. The zero-order valence-corrected chi connectivity index (χ0v) is 8.94. The number of halogens is 4. The Kier molecular flexibility index (Phi) is 3.19. The number of rotatable bonds is 1. The van der Waals surface area contributed by atoms with E-state index in [0.717, 1.165) is 24.3 Å². The van der Waals surface area contributed by atoms with Crippen LogP contribution in [0.2, 0.25) is 0 Å². The lowest BCUT2D eigenvalue weighted by atomic mass is 9.98. The highest BCUT2D eigenvalue weighted by atomic mass is 19.4. The summed E-state index contributed by atoms with van der Waals surface area (Å²) in [5.74, 6) is -1.23. The number of nitrogens with one attached hydrogen (secondary N) is 1. The molecule has 0 aliphatic carbocycles. The van der Waals surface area contributed by atoms with Gasteiger partial charge in [0.15, 0.2) is 0 Å². The summed E-state index contributed by atoms with van der Waals surface area (Å²) in [7, 11) is 0. The third-order valence-corrected chi connectivity index (χ3v) is 2.71. The molecule has 1 aliphatic heterocycles. The van der Waals surface area contributed by atoms with Crippen LogP contribution in [-0.2, 0) is 6.18 Å². The Hall–Kier alpha value is -1.36. The second kappa shape index (κ2) is 4.49. The van der Waals surface area contributed by atoms with Crippen molar-refractivity contribution < 1.29 is 17.6 Å². The van der Waals surface area contributed by atoms with Crippen LogP contribution in [0.4, 0.5) is 17.6 Å². The average Bonchev–Trinajstić information content (AvgIpc) is 2.29. The number of benzene rings is 1. The third kappa shape index (κ3) is 2.66. The molecule has 0 saturated carbocycles. The molecule has 0 saturated heterocycles. The Balaban J connectivity index is 2.40. The van der Waals surface area contributed by atoms with Gasteiger partial charge in [-0.3, -0.25) is 0 Å². The van der Waals surface area contributed by atoms with Gasteiger partial charge in [0.2, 0.25) is 0 Å². The van der Waals surface area contributed by atoms with E-state index >= 15 is 0 Å². The van der Waals surface area contributed by atoms with E-state index in [4.69, 9.17) is 0 Å². The quantitative estimate of drug-likeness (QED) is 0.749. The maximum Gasteiger partial charge on any atom is 0.419 e. The molecular weight excluding hydrogens is 234 g/mol. The molecule has 0 unspecified atom stereocenters. The van der Waals surface area contributed by atoms with Crippen molar-refractivity contribution in [3.63, 3.8) is 0 Å². The first-order chi connectivity index (χ1) is 7.98. The normalized spacial score (nSPS) is 16.8. The van der Waals surface area contributed by atoms with E-state index in [1.807, 2.05) is 6.08 Å². The van der Waals surface area contributed by atoms with Gasteiger partial charge >= 0.3 is 6.18 Å². The molecule has 1 N–H and O–H groups in total. The van der Waals surface area contributed by atoms with Crippen LogP contribution >= 0.6 is 0 Å². The highest BCUT2D eigenvalue weighted by Crippen LogP contribution is 2.33. The first-order valence-corrected chi connectivity index (χ1v) is 5.25. The molecule has 1 heterocycles. The summed E-state index contributed by atoms with van der Waals surface area (Å²) in [5.41, 5.74) is 0.0731. The summed E-state index contributed by atoms with van der Waals surface area (Å²) in [6.45, 7) is 1.36. The van der Waals surface area contributed by atoms with Crippen LogP contribution in [-0.4, -0.2) is 13.1 Å². The van der Waals surface area contributed by atoms with E-state index in [9.17, 15) is 17.6 Å². The van der Waals surface area contributed by atoms with Crippen molar-refractivity contribution in [2.24, 2.45) is 0 Å². The highest BCUT2D eigenvalue weighted by Gasteiger charge is 2.34. The zero-order valence-electron chi connectivity index (χ0n) is 8.94. The van der Waals surface area contributed by atoms with Gasteiger partial charge in [0, 0.05) is 6.54 Å². The fraction of sp³-hybridized carbons (Fsp3) is 0.333. The van der Waals surface area contributed by atoms with E-state index in [1.165, 1.54) is 6.07 Å². The van der Waals surface area contributed by atoms with Crippen molar-refractivity contribution in [1.82, 2.24) is 5.32 Å². The molecule has 5 heteroatoms. The third-order valence-electron chi connectivity index (χ3n) is 2.71. The smallest absolute Gasteiger partial charge is 0.313 e. The zero-order chi connectivity index (χ0) is 12.5. The molecule has 17 heavy (non-hydrogen) atoms. The molecule has 0 spiro atoms. The molecule has 0 fully saturated rings. The number of hydrogen-bond acceptors (Lipinski definition) is 1. The molecule has 0 amide bonds. The van der Waals surface area contributed by atoms with Gasteiger partial charge in [-0.25, -0.2) is 4.39 Å². The minimum Gasteiger partial charge on any atom is -0.313 e. The average molecular weight is 245 g/mol. The van der Waals surface area contributed by atoms with E-state index in [2.05, 4.69) is 5.32 Å². The van der Waals surface area contributed by atoms with Crippen molar-refractivity contribution in [3.05, 3.63) is 41.2 Å². The van der Waals surface area contributed by atoms with E-state index in [1.54, 1.807) is 0 Å². The van der Waals surface area contributed by atoms with Crippen molar-refractivity contribution in [3.8, 4) is 0 Å². The molecule has 0 aromatic heterocycles. The maximum atomic E-state index is 13.1. The lowest BCUT2D eigenvalue weighted by Gasteiger charge is -2.16. The van der Waals surface area contributed by atoms with Gasteiger partial charge < -0.3 is 5.32 Å². The molecular formula is C12H11F4N. The minimum absolute atomic E-state index is 0.445. The second-order valence-electron chi connectivity index (χ2n) is 3.88. The summed E-state index contributed by atoms with van der Waals surface area (Å²) in [6.07, 6.45) is -2.16. The fourth-order valence-corrected chi connectivity index (χ4v) is 1.83. The fourth-order valence-electron chi connectivity index (χ4n) is 1.83. The van der Waals surface area contributed by atoms with Gasteiger partial charge in [-0.2, -0.15) is 13.2 Å². The van der Waals surface area contributed by atoms with Crippen LogP contribution in [0, 0.1) is 5.82 Å². The first-order valence-electron chi connectivity index (χ1n) is 5.25. The van der Waals surface area contributed by atoms with Gasteiger partial charge in [0.1, 0.15) is 5.82 Å². The standard InChI is InChI=1S/C12H11F4N/c13-11-2-1-9(7-10(11)12(14,15)16)8-3-5-17-6-4-8/h1-3,7,17H,4-6H2. The van der Waals surface area contributed by atoms with Crippen LogP contribution in [0.3, 0.4) is 0 Å². The Labute approximate surface area is 96.1 Å². The molecule has 1 aliphatic rings. The summed E-state index contributed by atoms with van der Waals surface area (Å²) >= 11 is 0. The lowest BCUT2D eigenvalue weighted by molar-refractivity contribution is -0.140. The van der Waals surface area contributed by atoms with E-state index < -0.39 is 17.6 Å². The van der Waals surface area contributed by atoms with Gasteiger partial charge in [-0.15, -0.1) is 0 Å². The minimum atomic E-state index is -4.65. The molecule has 0 bridgehead atoms. The summed E-state index contributed by atoms with van der Waals surface area (Å²) < 4.78 is 50.7. The Morgan fingerprint density at radius 3 is 2.53 bits per heavy atom. The maximum absolute atomic E-state index is 13.1. The molecule has 1 aromatic rings. The largest absolute Gasteiger partial charge is 0.419 e. The van der Waals surface area contributed by atoms with Crippen molar-refractivity contribution in [1.29, 1.82) is 0 Å².